The van der Waals surface area contributed by atoms with Crippen molar-refractivity contribution in [1.29, 1.82) is 10.7 Å². The number of hydrogen-bond acceptors (Lipinski definition) is 6. The second-order valence-electron chi connectivity index (χ2n) is 7.23. The number of phenolic OH excluding ortho intramolecular Hbond substituents is 1. The number of phenols is 1. The number of halogens is 2. The normalized spacial score (nSPS) is 15.5. The summed E-state index contributed by atoms with van der Waals surface area (Å²) >= 11 is 9.65. The second kappa shape index (κ2) is 10.3. The summed E-state index contributed by atoms with van der Waals surface area (Å²) in [4.78, 5) is 3.36. The quantitative estimate of drug-likeness (QED) is 0.141. The van der Waals surface area contributed by atoms with Crippen molar-refractivity contribution in [3.8, 4) is 11.9 Å². The van der Waals surface area contributed by atoms with Gasteiger partial charge in [-0.3, -0.25) is 15.6 Å². The Kier molecular flexibility index (Phi) is 7.84. The van der Waals surface area contributed by atoms with Crippen LogP contribution in [0.2, 0.25) is 5.02 Å². The van der Waals surface area contributed by atoms with Crippen LogP contribution in [0, 0.1) is 16.9 Å². The van der Waals surface area contributed by atoms with Crippen LogP contribution in [0.25, 0.3) is 0 Å². The fourth-order valence-electron chi connectivity index (χ4n) is 3.55. The largest absolute Gasteiger partial charge is 0.504 e. The first-order chi connectivity index (χ1) is 15.7. The summed E-state index contributed by atoms with van der Waals surface area (Å²) in [7, 11) is -4.29. The first-order valence-electron chi connectivity index (χ1n) is 9.93. The van der Waals surface area contributed by atoms with Crippen LogP contribution in [0.15, 0.2) is 45.8 Å². The molecule has 33 heavy (non-hydrogen) atoms. The molecule has 0 radical (unpaired) electrons. The molecule has 0 bridgehead atoms. The number of para-hydroxylation sites is 1. The Bertz CT molecular complexity index is 1200. The van der Waals surface area contributed by atoms with Gasteiger partial charge in [-0.05, 0) is 47.1 Å². The third-order valence-electron chi connectivity index (χ3n) is 5.31. The van der Waals surface area contributed by atoms with Gasteiger partial charge in [0.25, 0.3) is 10.0 Å². The highest BCUT2D eigenvalue weighted by Gasteiger charge is 2.38. The highest BCUT2D eigenvalue weighted by molar-refractivity contribution is 9.10. The molecule has 1 aliphatic heterocycles. The summed E-state index contributed by atoms with van der Waals surface area (Å²) in [5.74, 6) is -1.05. The molecule has 176 valence electrons. The van der Waals surface area contributed by atoms with Crippen molar-refractivity contribution in [2.75, 3.05) is 37.7 Å². The highest BCUT2D eigenvalue weighted by Crippen LogP contribution is 2.43. The maximum absolute atomic E-state index is 13.4. The Hall–Kier alpha value is -2.40. The molecule has 4 N–H and O–H groups in total. The maximum Gasteiger partial charge on any atom is 0.287 e. The topological polar surface area (TPSA) is 139 Å². The van der Waals surface area contributed by atoms with E-state index in [9.17, 15) is 13.5 Å². The molecule has 0 saturated carbocycles. The highest BCUT2D eigenvalue weighted by atomic mass is 79.9. The molecule has 1 heterocycles. The van der Waals surface area contributed by atoms with E-state index in [0.717, 1.165) is 0 Å². The summed E-state index contributed by atoms with van der Waals surface area (Å²) in [5, 5.41) is 30.5. The molecule has 0 atom stereocenters. The number of anilines is 2. The number of nitrogens with one attached hydrogen (secondary N) is 3. The lowest BCUT2D eigenvalue weighted by Crippen LogP contribution is -2.64. The molecule has 2 aromatic rings. The first kappa shape index (κ1) is 25.2. The predicted molar refractivity (Wildman–Crippen MR) is 128 cm³/mol. The Labute approximate surface area is 205 Å². The van der Waals surface area contributed by atoms with Gasteiger partial charge in [-0.25, -0.2) is 13.0 Å². The van der Waals surface area contributed by atoms with E-state index in [2.05, 4.69) is 26.1 Å². The van der Waals surface area contributed by atoms with Crippen molar-refractivity contribution in [2.24, 2.45) is 0 Å². The van der Waals surface area contributed by atoms with Crippen LogP contribution >= 0.6 is 27.5 Å². The van der Waals surface area contributed by atoms with Gasteiger partial charge in [0.2, 0.25) is 5.96 Å². The molecular formula is C20H23BrClN6O4S+. The van der Waals surface area contributed by atoms with E-state index in [4.69, 9.17) is 27.0 Å². The summed E-state index contributed by atoms with van der Waals surface area (Å²) in [5.41, 5.74) is 0.342. The first-order valence-corrected chi connectivity index (χ1v) is 12.6. The Morgan fingerprint density at radius 2 is 1.97 bits per heavy atom. The SMILES string of the molecule is CC[N+]1(NS(=O)(=O)c2c(Cl)ccc(N(C(=N)NC#N)c3ccccc3Br)c2O)CCOCC1. The zero-order chi connectivity index (χ0) is 24.2. The number of nitriles is 1. The zero-order valence-corrected chi connectivity index (χ0v) is 20.8. The summed E-state index contributed by atoms with van der Waals surface area (Å²) < 4.78 is 32.8. The maximum atomic E-state index is 13.4. The number of likely N-dealkylation sites (N-methyl/N-ethyl adjacent to an activating group) is 1. The number of quaternary nitrogens is 1. The minimum atomic E-state index is -4.29. The minimum Gasteiger partial charge on any atom is -0.504 e. The Morgan fingerprint density at radius 3 is 2.58 bits per heavy atom. The number of aromatic hydroxyl groups is 1. The van der Waals surface area contributed by atoms with Crippen molar-refractivity contribution in [2.45, 2.75) is 11.8 Å². The lowest BCUT2D eigenvalue weighted by molar-refractivity contribution is -0.961. The fourth-order valence-corrected chi connectivity index (χ4v) is 6.07. The standard InChI is InChI=1S/C20H22BrClN6O4S/c1-2-28(9-11-32-12-10-28)26-33(30,31)19-15(22)7-8-17(18(19)29)27(20(24)25-13-23)16-6-4-3-5-14(16)21/h3-8,26H,2,9-12H2,1H3,(H2-,24,25,29)/p+1. The van der Waals surface area contributed by atoms with Crippen LogP contribution < -0.4 is 15.0 Å². The number of ether oxygens (including phenoxy) is 1. The van der Waals surface area contributed by atoms with Crippen LogP contribution in [0.3, 0.4) is 0 Å². The Balaban J connectivity index is 2.15. The Morgan fingerprint density at radius 1 is 1.30 bits per heavy atom. The van der Waals surface area contributed by atoms with Crippen molar-refractivity contribution in [3.63, 3.8) is 0 Å². The minimum absolute atomic E-state index is 0.0437. The van der Waals surface area contributed by atoms with Gasteiger partial charge in [0.15, 0.2) is 11.9 Å². The van der Waals surface area contributed by atoms with Gasteiger partial charge >= 0.3 is 0 Å². The number of hydrogen-bond donors (Lipinski definition) is 4. The summed E-state index contributed by atoms with van der Waals surface area (Å²) in [6.07, 6.45) is 1.67. The molecule has 0 aliphatic carbocycles. The summed E-state index contributed by atoms with van der Waals surface area (Å²) in [6, 6.07) is 9.51. The van der Waals surface area contributed by atoms with Gasteiger partial charge in [-0.1, -0.05) is 28.6 Å². The number of morpholine rings is 1. The summed E-state index contributed by atoms with van der Waals surface area (Å²) in [6.45, 7) is 3.96. The molecular weight excluding hydrogens is 536 g/mol. The average Bonchev–Trinajstić information content (AvgIpc) is 2.77. The lowest BCUT2D eigenvalue weighted by Gasteiger charge is -2.39. The zero-order valence-electron chi connectivity index (χ0n) is 17.7. The number of rotatable bonds is 6. The molecule has 1 aliphatic rings. The third-order valence-corrected chi connectivity index (χ3v) is 7.99. The molecule has 1 saturated heterocycles. The van der Waals surface area contributed by atoms with E-state index < -0.39 is 26.6 Å². The second-order valence-corrected chi connectivity index (χ2v) is 10.1. The van der Waals surface area contributed by atoms with Crippen LogP contribution in [-0.2, 0) is 14.8 Å². The van der Waals surface area contributed by atoms with Gasteiger partial charge < -0.3 is 9.84 Å². The number of benzene rings is 2. The van der Waals surface area contributed by atoms with Gasteiger partial charge in [0.1, 0.15) is 18.0 Å². The molecule has 0 unspecified atom stereocenters. The van der Waals surface area contributed by atoms with Gasteiger partial charge in [0, 0.05) is 4.47 Å². The molecule has 0 aromatic heterocycles. The predicted octanol–water partition coefficient (Wildman–Crippen LogP) is 3.01. The molecule has 3 rings (SSSR count). The number of guanidine groups is 1. The number of nitrogens with zero attached hydrogens (tertiary/aromatic N) is 3. The molecule has 0 spiro atoms. The van der Waals surface area contributed by atoms with Crippen LogP contribution in [0.1, 0.15) is 6.92 Å². The fraction of sp³-hybridized carbons (Fsp3) is 0.300. The van der Waals surface area contributed by atoms with Crippen molar-refractivity contribution >= 4 is 54.9 Å². The molecule has 2 aromatic carbocycles. The smallest absolute Gasteiger partial charge is 0.287 e. The van der Waals surface area contributed by atoms with E-state index >= 15 is 0 Å². The van der Waals surface area contributed by atoms with E-state index in [1.807, 2.05) is 6.92 Å². The van der Waals surface area contributed by atoms with E-state index in [1.165, 1.54) is 17.0 Å². The lowest BCUT2D eigenvalue weighted by atomic mass is 10.2. The van der Waals surface area contributed by atoms with E-state index in [0.29, 0.717) is 43.0 Å². The number of sulfonamides is 1. The molecule has 10 nitrogen and oxygen atoms in total. The van der Waals surface area contributed by atoms with Gasteiger partial charge in [-0.15, -0.1) is 0 Å². The third kappa shape index (κ3) is 5.24. The van der Waals surface area contributed by atoms with Gasteiger partial charge in [-0.2, -0.15) is 5.26 Å². The van der Waals surface area contributed by atoms with Crippen LogP contribution in [0.4, 0.5) is 11.4 Å². The molecule has 0 amide bonds. The van der Waals surface area contributed by atoms with Gasteiger partial charge in [0.05, 0.1) is 36.2 Å². The van der Waals surface area contributed by atoms with Crippen molar-refractivity contribution < 1.29 is 22.9 Å². The molecule has 1 fully saturated rings. The van der Waals surface area contributed by atoms with Crippen LogP contribution in [-0.4, -0.2) is 56.9 Å². The van der Waals surface area contributed by atoms with Crippen molar-refractivity contribution in [1.82, 2.24) is 10.1 Å². The molecule has 13 heteroatoms. The van der Waals surface area contributed by atoms with E-state index in [-0.39, 0.29) is 15.3 Å². The van der Waals surface area contributed by atoms with Crippen molar-refractivity contribution in [3.05, 3.63) is 45.9 Å². The van der Waals surface area contributed by atoms with Crippen LogP contribution in [0.5, 0.6) is 5.75 Å². The monoisotopic (exact) mass is 557 g/mol. The van der Waals surface area contributed by atoms with E-state index in [1.54, 1.807) is 30.5 Å². The average molecular weight is 559 g/mol.